The van der Waals surface area contributed by atoms with E-state index in [2.05, 4.69) is 29.5 Å². The molecule has 1 heterocycles. The van der Waals surface area contributed by atoms with E-state index in [0.29, 0.717) is 23.4 Å². The molecule has 0 saturated carbocycles. The fourth-order valence-electron chi connectivity index (χ4n) is 3.54. The molecule has 10 nitrogen and oxygen atoms in total. The van der Waals surface area contributed by atoms with Crippen LogP contribution in [0, 0.1) is 5.92 Å². The molecule has 0 spiro atoms. The zero-order chi connectivity index (χ0) is 26.5. The molecule has 3 N–H and O–H groups in total. The lowest BCUT2D eigenvalue weighted by Gasteiger charge is -2.16. The molecule has 0 saturated heterocycles. The first-order valence-electron chi connectivity index (χ1n) is 12.2. The Morgan fingerprint density at radius 3 is 2.47 bits per heavy atom. The van der Waals surface area contributed by atoms with Gasteiger partial charge in [0.25, 0.3) is 0 Å². The molecular weight excluding hydrogens is 466 g/mol. The van der Waals surface area contributed by atoms with Gasteiger partial charge in [-0.25, -0.2) is 4.79 Å². The van der Waals surface area contributed by atoms with Crippen molar-refractivity contribution < 1.29 is 33.4 Å². The van der Waals surface area contributed by atoms with Crippen molar-refractivity contribution >= 4 is 41.0 Å². The molecule has 0 fully saturated rings. The number of hydrogen-bond acceptors (Lipinski definition) is 7. The monoisotopic (exact) mass is 501 g/mol. The molecular formula is C26H35N3O7. The molecule has 0 aromatic heterocycles. The number of nitrogens with one attached hydrogen (secondary N) is 3. The first-order valence-corrected chi connectivity index (χ1v) is 12.2. The Labute approximate surface area is 211 Å². The van der Waals surface area contributed by atoms with E-state index < -0.39 is 29.7 Å². The van der Waals surface area contributed by atoms with E-state index in [-0.39, 0.29) is 37.7 Å². The molecule has 0 bridgehead atoms. The molecule has 36 heavy (non-hydrogen) atoms. The quantitative estimate of drug-likeness (QED) is 0.145. The third kappa shape index (κ3) is 9.16. The van der Waals surface area contributed by atoms with Crippen molar-refractivity contribution in [2.24, 2.45) is 5.92 Å². The Bertz CT molecular complexity index is 990. The van der Waals surface area contributed by atoms with Crippen molar-refractivity contribution in [2.75, 3.05) is 30.4 Å². The van der Waals surface area contributed by atoms with E-state index in [9.17, 15) is 24.0 Å². The maximum Gasteiger partial charge on any atom is 0.333 e. The normalized spacial score (nSPS) is 12.7. The van der Waals surface area contributed by atoms with Crippen LogP contribution in [0.2, 0.25) is 0 Å². The predicted octanol–water partition coefficient (Wildman–Crippen LogP) is 2.88. The number of carbonyl (C=O) groups is 5. The molecule has 2 rings (SSSR count). The number of fused-ring (bicyclic) bond motifs is 1. The second-order valence-corrected chi connectivity index (χ2v) is 8.66. The fraction of sp³-hybridized carbons (Fsp3) is 0.500. The summed E-state index contributed by atoms with van der Waals surface area (Å²) in [5, 5.41) is 7.69. The average Bonchev–Trinajstić information content (AvgIpc) is 3.20. The van der Waals surface area contributed by atoms with Gasteiger partial charge in [-0.1, -0.05) is 45.6 Å². The van der Waals surface area contributed by atoms with Crippen molar-refractivity contribution in [1.82, 2.24) is 5.32 Å². The lowest BCUT2D eigenvalue weighted by atomic mass is 10.1. The maximum absolute atomic E-state index is 12.9. The van der Waals surface area contributed by atoms with E-state index >= 15 is 0 Å². The third-order valence-electron chi connectivity index (χ3n) is 5.48. The summed E-state index contributed by atoms with van der Waals surface area (Å²) < 4.78 is 10.2. The van der Waals surface area contributed by atoms with Gasteiger partial charge in [-0.3, -0.25) is 19.2 Å². The number of carbonyl (C=O) groups excluding carboxylic acids is 5. The fourth-order valence-corrected chi connectivity index (χ4v) is 3.54. The molecule has 0 aliphatic carbocycles. The molecule has 10 heteroatoms. The number of amides is 3. The van der Waals surface area contributed by atoms with Gasteiger partial charge in [0.2, 0.25) is 23.6 Å². The van der Waals surface area contributed by atoms with Gasteiger partial charge < -0.3 is 25.4 Å². The second-order valence-electron chi connectivity index (χ2n) is 8.66. The molecule has 1 atom stereocenters. The highest BCUT2D eigenvalue weighted by atomic mass is 16.5. The number of ether oxygens (including phenoxy) is 2. The minimum absolute atomic E-state index is 0.0982. The summed E-state index contributed by atoms with van der Waals surface area (Å²) >= 11 is 0. The zero-order valence-corrected chi connectivity index (χ0v) is 20.9. The smallest absolute Gasteiger partial charge is 0.333 e. The molecule has 1 aromatic rings. The molecule has 1 aliphatic heterocycles. The highest BCUT2D eigenvalue weighted by molar-refractivity contribution is 6.19. The minimum Gasteiger partial charge on any atom is -0.465 e. The summed E-state index contributed by atoms with van der Waals surface area (Å²) in [7, 11) is 0. The van der Waals surface area contributed by atoms with Gasteiger partial charge in [-0.05, 0) is 37.1 Å². The van der Waals surface area contributed by atoms with Crippen LogP contribution in [0.15, 0.2) is 30.4 Å². The Morgan fingerprint density at radius 1 is 1.03 bits per heavy atom. The zero-order valence-electron chi connectivity index (χ0n) is 20.9. The van der Waals surface area contributed by atoms with Crippen molar-refractivity contribution in [3.05, 3.63) is 35.9 Å². The van der Waals surface area contributed by atoms with Crippen LogP contribution in [0.4, 0.5) is 11.4 Å². The third-order valence-corrected chi connectivity index (χ3v) is 5.48. The predicted molar refractivity (Wildman–Crippen MR) is 134 cm³/mol. The standard InChI is InChI=1S/C26H35N3O7/c1-4-5-6-7-8-9-13-35-26(34)22(23(31)27-12-14-36-25(33)17(2)3)24(32)28-19-10-11-20-18(15-19)16-21(30)29-20/h10-11,15,22H,2,4-9,12-14,16H2,1,3H3,(H,27,31)(H,28,32)(H,29,30). The van der Waals surface area contributed by atoms with E-state index in [0.717, 1.165) is 32.1 Å². The molecule has 1 aliphatic rings. The highest BCUT2D eigenvalue weighted by Crippen LogP contribution is 2.26. The lowest BCUT2D eigenvalue weighted by Crippen LogP contribution is -2.44. The van der Waals surface area contributed by atoms with Gasteiger partial charge in [0.15, 0.2) is 0 Å². The van der Waals surface area contributed by atoms with E-state index in [1.165, 1.54) is 6.92 Å². The first kappa shape index (κ1) is 28.5. The van der Waals surface area contributed by atoms with Gasteiger partial charge in [0.05, 0.1) is 19.6 Å². The van der Waals surface area contributed by atoms with E-state index in [4.69, 9.17) is 9.47 Å². The Hall–Kier alpha value is -3.69. The molecule has 196 valence electrons. The summed E-state index contributed by atoms with van der Waals surface area (Å²) in [6.07, 6.45) is 6.10. The number of rotatable bonds is 15. The van der Waals surface area contributed by atoms with Crippen LogP contribution in [-0.4, -0.2) is 49.4 Å². The van der Waals surface area contributed by atoms with Crippen LogP contribution >= 0.6 is 0 Å². The molecule has 1 unspecified atom stereocenters. The average molecular weight is 502 g/mol. The Balaban J connectivity index is 1.98. The Morgan fingerprint density at radius 2 is 1.75 bits per heavy atom. The van der Waals surface area contributed by atoms with Crippen molar-refractivity contribution in [2.45, 2.75) is 58.8 Å². The molecule has 3 amide bonds. The Kier molecular flexibility index (Phi) is 11.6. The minimum atomic E-state index is -1.75. The maximum atomic E-state index is 12.9. The van der Waals surface area contributed by atoms with Crippen LogP contribution in [0.3, 0.4) is 0 Å². The lowest BCUT2D eigenvalue weighted by molar-refractivity contribution is -0.155. The van der Waals surface area contributed by atoms with Crippen LogP contribution in [0.5, 0.6) is 0 Å². The van der Waals surface area contributed by atoms with Crippen molar-refractivity contribution in [1.29, 1.82) is 0 Å². The SMILES string of the molecule is C=C(C)C(=O)OCCNC(=O)C(C(=O)Nc1ccc2c(c1)CC(=O)N2)C(=O)OCCCCCCCC. The highest BCUT2D eigenvalue weighted by Gasteiger charge is 2.36. The summed E-state index contributed by atoms with van der Waals surface area (Å²) in [5.74, 6) is -5.22. The van der Waals surface area contributed by atoms with Gasteiger partial charge in [0, 0.05) is 16.9 Å². The first-order chi connectivity index (χ1) is 17.2. The van der Waals surface area contributed by atoms with Gasteiger partial charge in [0.1, 0.15) is 6.61 Å². The van der Waals surface area contributed by atoms with Crippen LogP contribution in [0.1, 0.15) is 57.9 Å². The van der Waals surface area contributed by atoms with Crippen LogP contribution in [-0.2, 0) is 39.9 Å². The van der Waals surface area contributed by atoms with Gasteiger partial charge in [-0.15, -0.1) is 0 Å². The number of esters is 2. The van der Waals surface area contributed by atoms with E-state index in [1.54, 1.807) is 18.2 Å². The topological polar surface area (TPSA) is 140 Å². The molecule has 1 aromatic carbocycles. The summed E-state index contributed by atoms with van der Waals surface area (Å²) in [4.78, 5) is 61.5. The largest absolute Gasteiger partial charge is 0.465 e. The molecule has 0 radical (unpaired) electrons. The van der Waals surface area contributed by atoms with Crippen molar-refractivity contribution in [3.8, 4) is 0 Å². The van der Waals surface area contributed by atoms with Gasteiger partial charge >= 0.3 is 11.9 Å². The number of unbranched alkanes of at least 4 members (excludes halogenated alkanes) is 5. The van der Waals surface area contributed by atoms with Crippen LogP contribution < -0.4 is 16.0 Å². The van der Waals surface area contributed by atoms with Crippen molar-refractivity contribution in [3.63, 3.8) is 0 Å². The number of benzene rings is 1. The summed E-state index contributed by atoms with van der Waals surface area (Å²) in [6, 6.07) is 4.81. The second kappa shape index (κ2) is 14.7. The number of anilines is 2. The van der Waals surface area contributed by atoms with Crippen LogP contribution in [0.25, 0.3) is 0 Å². The van der Waals surface area contributed by atoms with Gasteiger partial charge in [-0.2, -0.15) is 0 Å². The number of hydrogen-bond donors (Lipinski definition) is 3. The van der Waals surface area contributed by atoms with E-state index in [1.807, 2.05) is 0 Å². The summed E-state index contributed by atoms with van der Waals surface area (Å²) in [5.41, 5.74) is 1.90. The summed E-state index contributed by atoms with van der Waals surface area (Å²) in [6.45, 7) is 6.94.